The molecule has 0 spiro atoms. The largest absolute Gasteiger partial charge is 0.342 e. The van der Waals surface area contributed by atoms with Crippen LogP contribution in [0.3, 0.4) is 0 Å². The molecule has 0 atom stereocenters. The monoisotopic (exact) mass is 197 g/mol. The topological polar surface area (TPSA) is 12.0 Å². The summed E-state index contributed by atoms with van der Waals surface area (Å²) in [5.41, 5.74) is 2.29. The first kappa shape index (κ1) is 9.72. The second-order valence-corrected chi connectivity index (χ2v) is 8.42. The predicted molar refractivity (Wildman–Crippen MR) is 60.6 cm³/mol. The van der Waals surface area contributed by atoms with Crippen LogP contribution >= 0.6 is 0 Å². The Bertz CT molecular complexity index is 132. The summed E-state index contributed by atoms with van der Waals surface area (Å²) in [5, 5.41) is 0. The summed E-state index contributed by atoms with van der Waals surface area (Å²) in [6.45, 7) is 0. The van der Waals surface area contributed by atoms with Crippen LogP contribution in [0.1, 0.15) is 51.4 Å². The number of rotatable bonds is 3. The normalized spacial score (nSPS) is 26.3. The predicted octanol–water partition coefficient (Wildman–Crippen LogP) is 2.82. The van der Waals surface area contributed by atoms with Crippen molar-refractivity contribution in [3.63, 3.8) is 0 Å². The molecule has 13 heavy (non-hydrogen) atoms. The lowest BCUT2D eigenvalue weighted by molar-refractivity contribution is 0.749. The second-order valence-electron chi connectivity index (χ2n) is 4.90. The maximum atomic E-state index is 3.72. The van der Waals surface area contributed by atoms with Gasteiger partial charge in [-0.2, -0.15) is 0 Å². The fourth-order valence-electron chi connectivity index (χ4n) is 3.49. The molecule has 0 heterocycles. The number of nitrogens with one attached hydrogen (secondary N) is 1. The summed E-state index contributed by atoms with van der Waals surface area (Å²) >= 11 is 0. The number of hydrogen-bond acceptors (Lipinski definition) is 1. The molecule has 1 nitrogen and oxygen atoms in total. The van der Waals surface area contributed by atoms with Crippen LogP contribution in [-0.4, -0.2) is 16.0 Å². The third kappa shape index (κ3) is 2.16. The van der Waals surface area contributed by atoms with E-state index in [0.29, 0.717) is 0 Å². The molecular weight excluding hydrogens is 174 g/mol. The molecular formula is C11H23NSi. The van der Waals surface area contributed by atoms with Gasteiger partial charge < -0.3 is 4.98 Å². The van der Waals surface area contributed by atoms with Crippen molar-refractivity contribution in [3.05, 3.63) is 0 Å². The summed E-state index contributed by atoms with van der Waals surface area (Å²) in [4.78, 5) is 3.72. The van der Waals surface area contributed by atoms with Crippen LogP contribution in [0.5, 0.6) is 0 Å². The number of hydrogen-bond donors (Lipinski definition) is 1. The van der Waals surface area contributed by atoms with Crippen LogP contribution in [0.15, 0.2) is 0 Å². The Balaban J connectivity index is 1.90. The van der Waals surface area contributed by atoms with E-state index in [-0.39, 0.29) is 0 Å². The van der Waals surface area contributed by atoms with E-state index in [1.54, 1.807) is 25.7 Å². The van der Waals surface area contributed by atoms with Gasteiger partial charge in [-0.05, 0) is 18.1 Å². The first-order chi connectivity index (χ1) is 6.42. The molecule has 0 radical (unpaired) electrons. The smallest absolute Gasteiger partial charge is 0.114 e. The van der Waals surface area contributed by atoms with Crippen molar-refractivity contribution in [1.82, 2.24) is 4.98 Å². The lowest BCUT2D eigenvalue weighted by Gasteiger charge is -2.26. The minimum Gasteiger partial charge on any atom is -0.342 e. The zero-order valence-electron chi connectivity index (χ0n) is 8.89. The Kier molecular flexibility index (Phi) is 3.44. The van der Waals surface area contributed by atoms with E-state index < -0.39 is 8.96 Å². The summed E-state index contributed by atoms with van der Waals surface area (Å²) in [6, 6.07) is 0. The van der Waals surface area contributed by atoms with Crippen LogP contribution in [0.4, 0.5) is 0 Å². The Morgan fingerprint density at radius 1 is 0.846 bits per heavy atom. The van der Waals surface area contributed by atoms with Crippen molar-refractivity contribution in [2.45, 2.75) is 62.4 Å². The van der Waals surface area contributed by atoms with Gasteiger partial charge in [-0.1, -0.05) is 51.4 Å². The van der Waals surface area contributed by atoms with Crippen LogP contribution in [0, 0.1) is 0 Å². The average molecular weight is 197 g/mol. The molecule has 0 aromatic heterocycles. The van der Waals surface area contributed by atoms with Crippen LogP contribution in [0.2, 0.25) is 11.1 Å². The molecule has 2 heteroatoms. The molecule has 0 saturated heterocycles. The minimum absolute atomic E-state index is 0.568. The first-order valence-corrected chi connectivity index (χ1v) is 8.00. The van der Waals surface area contributed by atoms with Gasteiger partial charge in [0.2, 0.25) is 0 Å². The molecule has 2 aliphatic carbocycles. The Morgan fingerprint density at radius 3 is 1.54 bits per heavy atom. The van der Waals surface area contributed by atoms with E-state index in [9.17, 15) is 0 Å². The summed E-state index contributed by atoms with van der Waals surface area (Å²) in [7, 11) is 1.66. The lowest BCUT2D eigenvalue weighted by atomic mass is 10.3. The maximum absolute atomic E-state index is 3.72. The highest BCUT2D eigenvalue weighted by molar-refractivity contribution is 6.59. The Morgan fingerprint density at radius 2 is 1.23 bits per heavy atom. The van der Waals surface area contributed by atoms with E-state index in [1.807, 2.05) is 0 Å². The van der Waals surface area contributed by atoms with Gasteiger partial charge in [-0.25, -0.2) is 0 Å². The van der Waals surface area contributed by atoms with E-state index >= 15 is 0 Å². The highest BCUT2D eigenvalue weighted by Crippen LogP contribution is 2.41. The molecule has 2 aliphatic rings. The fraction of sp³-hybridized carbons (Fsp3) is 1.00. The van der Waals surface area contributed by atoms with Crippen LogP contribution in [0.25, 0.3) is 0 Å². The average Bonchev–Trinajstić information content (AvgIpc) is 2.76. The Labute approximate surface area is 84.0 Å². The molecule has 2 saturated carbocycles. The van der Waals surface area contributed by atoms with Crippen LogP contribution < -0.4 is 4.98 Å². The molecule has 0 unspecified atom stereocenters. The fourth-order valence-corrected chi connectivity index (χ4v) is 7.58. The molecule has 0 aliphatic heterocycles. The standard InChI is InChI=1S/C11H23NSi/c1-12-13(10-6-2-3-7-10)11-8-4-5-9-11/h10-13H,2-9H2,1H3. The van der Waals surface area contributed by atoms with Gasteiger partial charge in [-0.15, -0.1) is 0 Å². The molecule has 1 N–H and O–H groups in total. The van der Waals surface area contributed by atoms with E-state index in [1.165, 1.54) is 25.7 Å². The summed E-state index contributed by atoms with van der Waals surface area (Å²) in [5.74, 6) is 0. The molecule has 0 amide bonds. The van der Waals surface area contributed by atoms with Crippen molar-refractivity contribution in [1.29, 1.82) is 0 Å². The van der Waals surface area contributed by atoms with Crippen LogP contribution in [-0.2, 0) is 0 Å². The summed E-state index contributed by atoms with van der Waals surface area (Å²) < 4.78 is 0. The molecule has 2 rings (SSSR count). The molecule has 0 aromatic carbocycles. The van der Waals surface area contributed by atoms with Crippen molar-refractivity contribution in [2.24, 2.45) is 0 Å². The van der Waals surface area contributed by atoms with Crippen molar-refractivity contribution < 1.29 is 0 Å². The SMILES string of the molecule is CN[SiH](C1CCCC1)C1CCCC1. The molecule has 0 bridgehead atoms. The maximum Gasteiger partial charge on any atom is 0.114 e. The quantitative estimate of drug-likeness (QED) is 0.686. The molecule has 0 aromatic rings. The third-order valence-electron chi connectivity index (χ3n) is 4.15. The zero-order chi connectivity index (χ0) is 9.10. The van der Waals surface area contributed by atoms with Gasteiger partial charge in [0.1, 0.15) is 8.96 Å². The lowest BCUT2D eigenvalue weighted by Crippen LogP contribution is -2.38. The zero-order valence-corrected chi connectivity index (χ0v) is 10.0. The van der Waals surface area contributed by atoms with E-state index in [4.69, 9.17) is 0 Å². The Hall–Kier alpha value is 0.177. The summed E-state index contributed by atoms with van der Waals surface area (Å²) in [6.07, 6.45) is 12.3. The van der Waals surface area contributed by atoms with Crippen molar-refractivity contribution in [2.75, 3.05) is 7.05 Å². The highest BCUT2D eigenvalue weighted by Gasteiger charge is 2.33. The van der Waals surface area contributed by atoms with Gasteiger partial charge in [0.15, 0.2) is 0 Å². The second kappa shape index (κ2) is 4.60. The van der Waals surface area contributed by atoms with Crippen molar-refractivity contribution in [3.8, 4) is 0 Å². The van der Waals surface area contributed by atoms with Gasteiger partial charge >= 0.3 is 0 Å². The van der Waals surface area contributed by atoms with Gasteiger partial charge in [0.25, 0.3) is 0 Å². The van der Waals surface area contributed by atoms with Gasteiger partial charge in [0, 0.05) is 0 Å². The van der Waals surface area contributed by atoms with E-state index in [2.05, 4.69) is 12.0 Å². The minimum atomic E-state index is -0.568. The first-order valence-electron chi connectivity index (χ1n) is 6.09. The molecule has 76 valence electrons. The highest BCUT2D eigenvalue weighted by atomic mass is 28.3. The van der Waals surface area contributed by atoms with Gasteiger partial charge in [0.05, 0.1) is 0 Å². The van der Waals surface area contributed by atoms with Gasteiger partial charge in [-0.3, -0.25) is 0 Å². The third-order valence-corrected chi connectivity index (χ3v) is 8.18. The van der Waals surface area contributed by atoms with Crippen molar-refractivity contribution >= 4 is 8.96 Å². The molecule has 2 fully saturated rings. The van der Waals surface area contributed by atoms with E-state index in [0.717, 1.165) is 11.1 Å².